The van der Waals surface area contributed by atoms with Gasteiger partial charge in [0.25, 0.3) is 0 Å². The Morgan fingerprint density at radius 2 is 1.61 bits per heavy atom. The van der Waals surface area contributed by atoms with E-state index in [1.54, 1.807) is 0 Å². The first kappa shape index (κ1) is 22.0. The Balaban J connectivity index is 1.38. The van der Waals surface area contributed by atoms with E-state index in [1.165, 1.54) is 16.4 Å². The fourth-order valence-corrected chi connectivity index (χ4v) is 6.77. The minimum Gasteiger partial charge on any atom is -0.335 e. The molecule has 2 fully saturated rings. The maximum Gasteiger partial charge on any atom is 0.243 e. The highest BCUT2D eigenvalue weighted by Crippen LogP contribution is 2.38. The van der Waals surface area contributed by atoms with Gasteiger partial charge in [0.2, 0.25) is 15.9 Å². The number of nitrogens with zero attached hydrogens (tertiary/aromatic N) is 2. The first-order valence-electron chi connectivity index (χ1n) is 11.5. The minimum absolute atomic E-state index is 0.00711. The van der Waals surface area contributed by atoms with Gasteiger partial charge in [-0.2, -0.15) is 4.31 Å². The average molecular weight is 467 g/mol. The number of likely N-dealkylation sites (tertiary alicyclic amines) is 1. The summed E-state index contributed by atoms with van der Waals surface area (Å²) < 4.78 is 40.9. The van der Waals surface area contributed by atoms with Crippen molar-refractivity contribution >= 4 is 26.7 Å². The highest BCUT2D eigenvalue weighted by atomic mass is 32.2. The Kier molecular flexibility index (Phi) is 5.93. The molecule has 2 saturated heterocycles. The van der Waals surface area contributed by atoms with Crippen molar-refractivity contribution in [2.24, 2.45) is 5.92 Å². The molecule has 33 heavy (non-hydrogen) atoms. The Morgan fingerprint density at radius 3 is 2.42 bits per heavy atom. The van der Waals surface area contributed by atoms with Crippen molar-refractivity contribution in [1.82, 2.24) is 9.21 Å². The van der Waals surface area contributed by atoms with Crippen LogP contribution in [0.2, 0.25) is 0 Å². The number of carbonyl (C=O) groups is 1. The number of hydrogen-bond donors (Lipinski definition) is 0. The van der Waals surface area contributed by atoms with Crippen molar-refractivity contribution in [1.29, 1.82) is 0 Å². The Hall–Kier alpha value is -2.77. The topological polar surface area (TPSA) is 57.7 Å². The lowest BCUT2D eigenvalue weighted by molar-refractivity contribution is -0.137. The quantitative estimate of drug-likeness (QED) is 0.558. The molecule has 3 aromatic rings. The van der Waals surface area contributed by atoms with Gasteiger partial charge in [-0.1, -0.05) is 42.5 Å². The molecule has 2 heterocycles. The minimum atomic E-state index is -3.77. The summed E-state index contributed by atoms with van der Waals surface area (Å²) in [4.78, 5) is 15.6. The smallest absolute Gasteiger partial charge is 0.243 e. The summed E-state index contributed by atoms with van der Waals surface area (Å²) >= 11 is 0. The van der Waals surface area contributed by atoms with Crippen molar-refractivity contribution in [3.63, 3.8) is 0 Å². The summed E-state index contributed by atoms with van der Waals surface area (Å²) in [6, 6.07) is 19.3. The van der Waals surface area contributed by atoms with E-state index < -0.39 is 15.8 Å². The van der Waals surface area contributed by atoms with Crippen molar-refractivity contribution in [2.45, 2.75) is 36.6 Å². The van der Waals surface area contributed by atoms with E-state index in [9.17, 15) is 17.6 Å². The third-order valence-electron chi connectivity index (χ3n) is 6.90. The molecule has 0 radical (unpaired) electrons. The monoisotopic (exact) mass is 466 g/mol. The molecule has 5 rings (SSSR count). The van der Waals surface area contributed by atoms with Crippen LogP contribution in [0.5, 0.6) is 0 Å². The van der Waals surface area contributed by atoms with Crippen molar-refractivity contribution < 1.29 is 17.6 Å². The van der Waals surface area contributed by atoms with Gasteiger partial charge < -0.3 is 4.90 Å². The van der Waals surface area contributed by atoms with Gasteiger partial charge in [-0.3, -0.25) is 4.79 Å². The largest absolute Gasteiger partial charge is 0.335 e. The SMILES string of the molecule is O=C(C1CCCN(S(=O)(=O)c2ccc(F)cc2)C1)N1CCCC1c1cccc2ccccc12. The molecular weight excluding hydrogens is 439 g/mol. The Labute approximate surface area is 193 Å². The average Bonchev–Trinajstić information content (AvgIpc) is 3.33. The van der Waals surface area contributed by atoms with Gasteiger partial charge in [0, 0.05) is 19.6 Å². The second kappa shape index (κ2) is 8.88. The van der Waals surface area contributed by atoms with E-state index in [0.29, 0.717) is 25.9 Å². The molecule has 0 spiro atoms. The van der Waals surface area contributed by atoms with Crippen LogP contribution in [0.4, 0.5) is 4.39 Å². The van der Waals surface area contributed by atoms with E-state index in [4.69, 9.17) is 0 Å². The number of piperidine rings is 1. The molecule has 5 nitrogen and oxygen atoms in total. The van der Waals surface area contributed by atoms with Gasteiger partial charge in [-0.15, -0.1) is 0 Å². The maximum atomic E-state index is 13.6. The summed E-state index contributed by atoms with van der Waals surface area (Å²) in [5.74, 6) is -0.817. The molecule has 2 atom stereocenters. The van der Waals surface area contributed by atoms with Gasteiger partial charge >= 0.3 is 0 Å². The van der Waals surface area contributed by atoms with Crippen LogP contribution in [-0.4, -0.2) is 43.2 Å². The lowest BCUT2D eigenvalue weighted by atomic mass is 9.94. The standard InChI is InChI=1S/C26H27FN2O3S/c27-21-12-14-22(15-13-21)33(31,32)28-16-4-8-20(18-28)26(30)29-17-5-11-25(29)24-10-3-7-19-6-1-2-9-23(19)24/h1-3,6-7,9-10,12-15,20,25H,4-5,8,11,16-18H2. The molecule has 2 unspecified atom stereocenters. The highest BCUT2D eigenvalue weighted by molar-refractivity contribution is 7.89. The maximum absolute atomic E-state index is 13.6. The number of sulfonamides is 1. The van der Waals surface area contributed by atoms with Crippen molar-refractivity contribution in [2.75, 3.05) is 19.6 Å². The number of rotatable bonds is 4. The number of carbonyl (C=O) groups excluding carboxylic acids is 1. The molecule has 0 aliphatic carbocycles. The summed E-state index contributed by atoms with van der Waals surface area (Å²) in [6.07, 6.45) is 3.14. The molecule has 0 saturated carbocycles. The molecular formula is C26H27FN2O3S. The third kappa shape index (κ3) is 4.15. The van der Waals surface area contributed by atoms with Gasteiger partial charge in [0.1, 0.15) is 5.82 Å². The predicted molar refractivity (Wildman–Crippen MR) is 126 cm³/mol. The van der Waals surface area contributed by atoms with Crippen LogP contribution in [0.25, 0.3) is 10.8 Å². The fraction of sp³-hybridized carbons (Fsp3) is 0.346. The first-order valence-corrected chi connectivity index (χ1v) is 12.9. The number of benzene rings is 3. The van der Waals surface area contributed by atoms with Crippen LogP contribution >= 0.6 is 0 Å². The molecule has 172 valence electrons. The number of halogens is 1. The number of amides is 1. The normalized spacial score (nSPS) is 22.0. The van der Waals surface area contributed by atoms with E-state index in [-0.39, 0.29) is 29.3 Å². The lowest BCUT2D eigenvalue weighted by Gasteiger charge is -2.35. The van der Waals surface area contributed by atoms with Crippen molar-refractivity contribution in [3.8, 4) is 0 Å². The highest BCUT2D eigenvalue weighted by Gasteiger charge is 2.39. The summed E-state index contributed by atoms with van der Waals surface area (Å²) in [5.41, 5.74) is 1.16. The Morgan fingerprint density at radius 1 is 0.879 bits per heavy atom. The third-order valence-corrected chi connectivity index (χ3v) is 8.78. The molecule has 3 aromatic carbocycles. The summed E-state index contributed by atoms with van der Waals surface area (Å²) in [5, 5.41) is 2.32. The fourth-order valence-electron chi connectivity index (χ4n) is 5.25. The molecule has 0 aromatic heterocycles. The van der Waals surface area contributed by atoms with Crippen LogP contribution < -0.4 is 0 Å². The van der Waals surface area contributed by atoms with E-state index >= 15 is 0 Å². The first-order chi connectivity index (χ1) is 15.9. The lowest BCUT2D eigenvalue weighted by Crippen LogP contribution is -2.46. The van der Waals surface area contributed by atoms with Crippen LogP contribution in [0.15, 0.2) is 71.6 Å². The van der Waals surface area contributed by atoms with Gasteiger partial charge in [0.05, 0.1) is 16.9 Å². The Bertz CT molecular complexity index is 1270. The van der Waals surface area contributed by atoms with Crippen LogP contribution in [0.1, 0.15) is 37.3 Å². The van der Waals surface area contributed by atoms with Gasteiger partial charge in [0.15, 0.2) is 0 Å². The molecule has 1 amide bonds. The molecule has 2 aliphatic heterocycles. The molecule has 0 N–H and O–H groups in total. The zero-order valence-corrected chi connectivity index (χ0v) is 19.2. The second-order valence-electron chi connectivity index (χ2n) is 8.91. The van der Waals surface area contributed by atoms with E-state index in [2.05, 4.69) is 24.3 Å². The van der Waals surface area contributed by atoms with Gasteiger partial charge in [-0.25, -0.2) is 12.8 Å². The van der Waals surface area contributed by atoms with E-state index in [0.717, 1.165) is 41.3 Å². The van der Waals surface area contributed by atoms with Crippen LogP contribution in [0.3, 0.4) is 0 Å². The predicted octanol–water partition coefficient (Wildman–Crippen LogP) is 4.74. The second-order valence-corrected chi connectivity index (χ2v) is 10.9. The number of fused-ring (bicyclic) bond motifs is 1. The zero-order chi connectivity index (χ0) is 23.0. The van der Waals surface area contributed by atoms with E-state index in [1.807, 2.05) is 23.1 Å². The molecule has 0 bridgehead atoms. The summed E-state index contributed by atoms with van der Waals surface area (Å²) in [6.45, 7) is 1.22. The van der Waals surface area contributed by atoms with Gasteiger partial charge in [-0.05, 0) is 66.3 Å². The van der Waals surface area contributed by atoms with Crippen LogP contribution in [0, 0.1) is 11.7 Å². The summed E-state index contributed by atoms with van der Waals surface area (Å²) in [7, 11) is -3.77. The number of hydrogen-bond acceptors (Lipinski definition) is 3. The molecule has 7 heteroatoms. The zero-order valence-electron chi connectivity index (χ0n) is 18.4. The van der Waals surface area contributed by atoms with Crippen LogP contribution in [-0.2, 0) is 14.8 Å². The molecule has 2 aliphatic rings. The van der Waals surface area contributed by atoms with Crippen molar-refractivity contribution in [3.05, 3.63) is 78.1 Å².